The average Bonchev–Trinajstić information content (AvgIpc) is 2.84. The first-order valence-electron chi connectivity index (χ1n) is 4.64. The Morgan fingerprint density at radius 1 is 1.19 bits per heavy atom. The topological polar surface area (TPSA) is 65.2 Å². The largest absolute Gasteiger partial charge is 0.451 e. The molecule has 4 nitrogen and oxygen atoms in total. The SMILES string of the molecule is Nc1cc(-c2cc3cccc(Br)c3o2)on1. The van der Waals surface area contributed by atoms with Gasteiger partial charge >= 0.3 is 0 Å². The Labute approximate surface area is 99.1 Å². The van der Waals surface area contributed by atoms with E-state index in [-0.39, 0.29) is 0 Å². The van der Waals surface area contributed by atoms with Gasteiger partial charge in [-0.2, -0.15) is 0 Å². The molecule has 0 aliphatic carbocycles. The molecule has 0 radical (unpaired) electrons. The lowest BCUT2D eigenvalue weighted by atomic mass is 10.2. The lowest BCUT2D eigenvalue weighted by Gasteiger charge is -1.89. The van der Waals surface area contributed by atoms with Crippen molar-refractivity contribution in [2.45, 2.75) is 0 Å². The summed E-state index contributed by atoms with van der Waals surface area (Å²) >= 11 is 3.42. The summed E-state index contributed by atoms with van der Waals surface area (Å²) in [5.74, 6) is 1.49. The number of nitrogen functional groups attached to an aromatic ring is 1. The van der Waals surface area contributed by atoms with Gasteiger partial charge in [0.15, 0.2) is 11.6 Å². The van der Waals surface area contributed by atoms with Crippen LogP contribution < -0.4 is 5.73 Å². The summed E-state index contributed by atoms with van der Waals surface area (Å²) in [5.41, 5.74) is 6.27. The fourth-order valence-electron chi connectivity index (χ4n) is 1.55. The number of para-hydroxylation sites is 1. The Kier molecular flexibility index (Phi) is 2.00. The Morgan fingerprint density at radius 2 is 2.06 bits per heavy atom. The van der Waals surface area contributed by atoms with Crippen molar-refractivity contribution in [2.75, 3.05) is 5.73 Å². The molecule has 0 atom stereocenters. The van der Waals surface area contributed by atoms with E-state index in [1.54, 1.807) is 6.07 Å². The van der Waals surface area contributed by atoms with Crippen LogP contribution in [0.1, 0.15) is 0 Å². The smallest absolute Gasteiger partial charge is 0.204 e. The molecule has 5 heteroatoms. The van der Waals surface area contributed by atoms with E-state index in [1.807, 2.05) is 24.3 Å². The van der Waals surface area contributed by atoms with Gasteiger partial charge in [0.25, 0.3) is 0 Å². The maximum Gasteiger partial charge on any atom is 0.204 e. The molecular weight excluding hydrogens is 272 g/mol. The van der Waals surface area contributed by atoms with Crippen molar-refractivity contribution >= 4 is 32.7 Å². The van der Waals surface area contributed by atoms with E-state index in [1.165, 1.54) is 0 Å². The number of fused-ring (bicyclic) bond motifs is 1. The Hall–Kier alpha value is -1.75. The van der Waals surface area contributed by atoms with Gasteiger partial charge in [-0.3, -0.25) is 0 Å². The van der Waals surface area contributed by atoms with Gasteiger partial charge in [-0.25, -0.2) is 0 Å². The summed E-state index contributed by atoms with van der Waals surface area (Å²) in [4.78, 5) is 0. The number of nitrogens with zero attached hydrogens (tertiary/aromatic N) is 1. The molecule has 3 rings (SSSR count). The minimum Gasteiger partial charge on any atom is -0.451 e. The molecule has 0 bridgehead atoms. The standard InChI is InChI=1S/C11H7BrN2O2/c12-7-3-1-2-6-4-8(15-11(6)7)9-5-10(13)14-16-9/h1-5H,(H2,13,14). The maximum atomic E-state index is 5.66. The molecular formula is C11H7BrN2O2. The van der Waals surface area contributed by atoms with Crippen molar-refractivity contribution < 1.29 is 8.94 Å². The van der Waals surface area contributed by atoms with Gasteiger partial charge in [0.2, 0.25) is 5.76 Å². The van der Waals surface area contributed by atoms with Crippen LogP contribution in [0.15, 0.2) is 43.7 Å². The molecule has 0 aliphatic heterocycles. The number of hydrogen-bond acceptors (Lipinski definition) is 4. The van der Waals surface area contributed by atoms with Gasteiger partial charge in [-0.05, 0) is 28.1 Å². The van der Waals surface area contributed by atoms with Crippen LogP contribution >= 0.6 is 15.9 Å². The molecule has 0 saturated carbocycles. The van der Waals surface area contributed by atoms with Crippen LogP contribution in [0.25, 0.3) is 22.5 Å². The highest BCUT2D eigenvalue weighted by atomic mass is 79.9. The molecule has 0 unspecified atom stereocenters. The van der Waals surface area contributed by atoms with E-state index >= 15 is 0 Å². The average molecular weight is 279 g/mol. The quantitative estimate of drug-likeness (QED) is 0.741. The fraction of sp³-hybridized carbons (Fsp3) is 0. The van der Waals surface area contributed by atoms with Crippen LogP contribution in [-0.2, 0) is 0 Å². The first-order chi connectivity index (χ1) is 7.74. The monoisotopic (exact) mass is 278 g/mol. The second kappa shape index (κ2) is 3.38. The number of nitrogens with two attached hydrogens (primary N) is 1. The van der Waals surface area contributed by atoms with Crippen LogP contribution in [-0.4, -0.2) is 5.16 Å². The molecule has 2 heterocycles. The van der Waals surface area contributed by atoms with Gasteiger partial charge < -0.3 is 14.7 Å². The second-order valence-electron chi connectivity index (χ2n) is 3.38. The number of aromatic nitrogens is 1. The first-order valence-corrected chi connectivity index (χ1v) is 5.44. The summed E-state index contributed by atoms with van der Waals surface area (Å²) in [5, 5.41) is 4.62. The number of hydrogen-bond donors (Lipinski definition) is 1. The first kappa shape index (κ1) is 9.47. The molecule has 16 heavy (non-hydrogen) atoms. The van der Waals surface area contributed by atoms with Crippen LogP contribution in [0, 0.1) is 0 Å². The Balaban J connectivity index is 2.22. The van der Waals surface area contributed by atoms with Crippen molar-refractivity contribution in [3.63, 3.8) is 0 Å². The van der Waals surface area contributed by atoms with Gasteiger partial charge in [0, 0.05) is 11.5 Å². The van der Waals surface area contributed by atoms with E-state index in [4.69, 9.17) is 14.7 Å². The van der Waals surface area contributed by atoms with Gasteiger partial charge in [0.05, 0.1) is 4.47 Å². The highest BCUT2D eigenvalue weighted by Crippen LogP contribution is 2.32. The van der Waals surface area contributed by atoms with Gasteiger partial charge in [-0.15, -0.1) is 0 Å². The van der Waals surface area contributed by atoms with Crippen molar-refractivity contribution in [1.29, 1.82) is 0 Å². The molecule has 0 spiro atoms. The van der Waals surface area contributed by atoms with Crippen LogP contribution in [0.4, 0.5) is 5.82 Å². The zero-order chi connectivity index (χ0) is 11.1. The molecule has 0 saturated heterocycles. The van der Waals surface area contributed by atoms with E-state index in [2.05, 4.69) is 21.1 Å². The third kappa shape index (κ3) is 1.40. The van der Waals surface area contributed by atoms with E-state index < -0.39 is 0 Å². The minimum absolute atomic E-state index is 0.342. The predicted octanol–water partition coefficient (Wildman–Crippen LogP) is 3.43. The van der Waals surface area contributed by atoms with Crippen molar-refractivity contribution in [1.82, 2.24) is 5.16 Å². The zero-order valence-corrected chi connectivity index (χ0v) is 9.69. The third-order valence-electron chi connectivity index (χ3n) is 2.27. The lowest BCUT2D eigenvalue weighted by Crippen LogP contribution is -1.79. The van der Waals surface area contributed by atoms with Crippen molar-refractivity contribution in [3.8, 4) is 11.5 Å². The molecule has 0 fully saturated rings. The summed E-state index contributed by atoms with van der Waals surface area (Å²) in [6, 6.07) is 9.35. The van der Waals surface area contributed by atoms with E-state index in [9.17, 15) is 0 Å². The number of benzene rings is 1. The second-order valence-corrected chi connectivity index (χ2v) is 4.24. The van der Waals surface area contributed by atoms with Gasteiger partial charge in [0.1, 0.15) is 5.58 Å². The fourth-order valence-corrected chi connectivity index (χ4v) is 2.02. The summed E-state index contributed by atoms with van der Waals surface area (Å²) in [6.45, 7) is 0. The summed E-state index contributed by atoms with van der Waals surface area (Å²) in [7, 11) is 0. The molecule has 2 N–H and O–H groups in total. The minimum atomic E-state index is 0.342. The van der Waals surface area contributed by atoms with Gasteiger partial charge in [-0.1, -0.05) is 17.3 Å². The molecule has 0 amide bonds. The molecule has 2 aromatic heterocycles. The highest BCUT2D eigenvalue weighted by Gasteiger charge is 2.12. The molecule has 3 aromatic rings. The normalized spacial score (nSPS) is 11.1. The zero-order valence-electron chi connectivity index (χ0n) is 8.11. The van der Waals surface area contributed by atoms with Crippen LogP contribution in [0.2, 0.25) is 0 Å². The van der Waals surface area contributed by atoms with Crippen molar-refractivity contribution in [2.24, 2.45) is 0 Å². The van der Waals surface area contributed by atoms with E-state index in [0.717, 1.165) is 15.4 Å². The van der Waals surface area contributed by atoms with Crippen LogP contribution in [0.5, 0.6) is 0 Å². The number of furan rings is 1. The Bertz CT molecular complexity index is 657. The summed E-state index contributed by atoms with van der Waals surface area (Å²) < 4.78 is 11.6. The van der Waals surface area contributed by atoms with Crippen LogP contribution in [0.3, 0.4) is 0 Å². The number of rotatable bonds is 1. The number of halogens is 1. The predicted molar refractivity (Wildman–Crippen MR) is 63.8 cm³/mol. The lowest BCUT2D eigenvalue weighted by molar-refractivity contribution is 0.424. The molecule has 0 aliphatic rings. The Morgan fingerprint density at radius 3 is 2.75 bits per heavy atom. The summed E-state index contributed by atoms with van der Waals surface area (Å²) in [6.07, 6.45) is 0. The van der Waals surface area contributed by atoms with E-state index in [0.29, 0.717) is 17.3 Å². The highest BCUT2D eigenvalue weighted by molar-refractivity contribution is 9.10. The molecule has 80 valence electrons. The third-order valence-corrected chi connectivity index (χ3v) is 2.89. The number of anilines is 1. The molecule has 1 aromatic carbocycles. The van der Waals surface area contributed by atoms with Crippen molar-refractivity contribution in [3.05, 3.63) is 34.8 Å². The maximum absolute atomic E-state index is 5.66.